The lowest BCUT2D eigenvalue weighted by molar-refractivity contribution is -0.118. The molecule has 0 heterocycles. The average molecular weight is 387 g/mol. The second kappa shape index (κ2) is 7.38. The summed E-state index contributed by atoms with van der Waals surface area (Å²) >= 11 is 8.86. The molecule has 0 saturated heterocycles. The molecule has 0 spiro atoms. The minimum Gasteiger partial charge on any atom is -0.483 e. The number of benzene rings is 2. The van der Waals surface area contributed by atoms with Gasteiger partial charge >= 0.3 is 0 Å². The molecule has 0 bridgehead atoms. The van der Waals surface area contributed by atoms with Crippen molar-refractivity contribution >= 4 is 45.4 Å². The maximum absolute atomic E-state index is 13.0. The number of carbonyl (C=O) groups is 2. The van der Waals surface area contributed by atoms with Gasteiger partial charge in [-0.3, -0.25) is 9.59 Å². The van der Waals surface area contributed by atoms with Gasteiger partial charge in [0.05, 0.1) is 10.6 Å². The fraction of sp³-hybridized carbons (Fsp3) is 0.0667. The van der Waals surface area contributed by atoms with Gasteiger partial charge in [-0.2, -0.15) is 0 Å². The molecule has 1 amide bonds. The molecule has 2 rings (SSSR count). The van der Waals surface area contributed by atoms with E-state index in [9.17, 15) is 14.0 Å². The van der Waals surface area contributed by atoms with Gasteiger partial charge in [0, 0.05) is 10.2 Å². The number of anilines is 1. The second-order valence-electron chi connectivity index (χ2n) is 4.27. The Hall–Kier alpha value is -1.92. The minimum absolute atomic E-state index is 0.0881. The summed E-state index contributed by atoms with van der Waals surface area (Å²) in [5.74, 6) is -0.727. The Morgan fingerprint density at radius 1 is 1.32 bits per heavy atom. The summed E-state index contributed by atoms with van der Waals surface area (Å²) in [5.41, 5.74) is 0.679. The zero-order valence-electron chi connectivity index (χ0n) is 11.1. The topological polar surface area (TPSA) is 55.4 Å². The van der Waals surface area contributed by atoms with Crippen molar-refractivity contribution in [2.45, 2.75) is 0 Å². The van der Waals surface area contributed by atoms with Gasteiger partial charge in [-0.15, -0.1) is 0 Å². The molecule has 2 aromatic carbocycles. The van der Waals surface area contributed by atoms with E-state index in [1.165, 1.54) is 12.1 Å². The highest BCUT2D eigenvalue weighted by molar-refractivity contribution is 9.10. The molecule has 114 valence electrons. The molecule has 0 radical (unpaired) electrons. The van der Waals surface area contributed by atoms with E-state index in [1.54, 1.807) is 18.2 Å². The number of carbonyl (C=O) groups excluding carboxylic acids is 2. The summed E-state index contributed by atoms with van der Waals surface area (Å²) in [6.45, 7) is -0.294. The van der Waals surface area contributed by atoms with Gasteiger partial charge in [-0.1, -0.05) is 27.5 Å². The van der Waals surface area contributed by atoms with Gasteiger partial charge in [0.2, 0.25) is 0 Å². The first-order valence-electron chi connectivity index (χ1n) is 6.12. The van der Waals surface area contributed by atoms with Crippen molar-refractivity contribution in [1.82, 2.24) is 0 Å². The SMILES string of the molecule is O=Cc1cc(Br)ccc1OCC(=O)Nc1ccc(F)c(Cl)c1. The van der Waals surface area contributed by atoms with E-state index in [0.717, 1.165) is 10.5 Å². The quantitative estimate of drug-likeness (QED) is 0.788. The van der Waals surface area contributed by atoms with Crippen molar-refractivity contribution in [3.05, 3.63) is 57.3 Å². The zero-order chi connectivity index (χ0) is 16.1. The lowest BCUT2D eigenvalue weighted by Gasteiger charge is -2.09. The van der Waals surface area contributed by atoms with Crippen LogP contribution >= 0.6 is 27.5 Å². The number of rotatable bonds is 5. The van der Waals surface area contributed by atoms with Gasteiger partial charge in [0.1, 0.15) is 11.6 Å². The smallest absolute Gasteiger partial charge is 0.262 e. The Balaban J connectivity index is 1.98. The van der Waals surface area contributed by atoms with Crippen LogP contribution in [-0.4, -0.2) is 18.8 Å². The molecule has 7 heteroatoms. The standard InChI is InChI=1S/C15H10BrClFNO3/c16-10-1-4-14(9(5-10)7-20)22-8-15(21)19-11-2-3-13(18)12(17)6-11/h1-7H,8H2,(H,19,21). The van der Waals surface area contributed by atoms with E-state index in [-0.39, 0.29) is 11.6 Å². The first kappa shape index (κ1) is 16.5. The molecule has 0 aliphatic rings. The third-order valence-electron chi connectivity index (χ3n) is 2.66. The molecule has 0 aliphatic carbocycles. The summed E-state index contributed by atoms with van der Waals surface area (Å²) in [7, 11) is 0. The lowest BCUT2D eigenvalue weighted by Crippen LogP contribution is -2.20. The number of amides is 1. The first-order valence-corrected chi connectivity index (χ1v) is 7.29. The monoisotopic (exact) mass is 385 g/mol. The summed E-state index contributed by atoms with van der Waals surface area (Å²) < 4.78 is 19.0. The number of hydrogen-bond donors (Lipinski definition) is 1. The Morgan fingerprint density at radius 3 is 2.77 bits per heavy atom. The van der Waals surface area contributed by atoms with Crippen LogP contribution in [0.3, 0.4) is 0 Å². The highest BCUT2D eigenvalue weighted by Gasteiger charge is 2.09. The Kier molecular flexibility index (Phi) is 5.51. The summed E-state index contributed by atoms with van der Waals surface area (Å²) in [5, 5.41) is 2.43. The maximum atomic E-state index is 13.0. The van der Waals surface area contributed by atoms with Crippen LogP contribution in [0.4, 0.5) is 10.1 Å². The summed E-state index contributed by atoms with van der Waals surface area (Å²) in [6.07, 6.45) is 0.637. The number of ether oxygens (including phenoxy) is 1. The summed E-state index contributed by atoms with van der Waals surface area (Å²) in [4.78, 5) is 22.7. The number of halogens is 3. The van der Waals surface area contributed by atoms with Crippen molar-refractivity contribution in [1.29, 1.82) is 0 Å². The van der Waals surface area contributed by atoms with Crippen molar-refractivity contribution in [2.24, 2.45) is 0 Å². The van der Waals surface area contributed by atoms with E-state index in [1.807, 2.05) is 0 Å². The van der Waals surface area contributed by atoms with Gasteiger partial charge in [-0.25, -0.2) is 4.39 Å². The highest BCUT2D eigenvalue weighted by atomic mass is 79.9. The molecule has 0 atom stereocenters. The molecule has 0 aliphatic heterocycles. The van der Waals surface area contributed by atoms with Crippen LogP contribution in [-0.2, 0) is 4.79 Å². The third kappa shape index (κ3) is 4.29. The van der Waals surface area contributed by atoms with E-state index < -0.39 is 11.7 Å². The van der Waals surface area contributed by atoms with Crippen LogP contribution in [0.1, 0.15) is 10.4 Å². The molecule has 0 aromatic heterocycles. The molecular formula is C15H10BrClFNO3. The van der Waals surface area contributed by atoms with Crippen LogP contribution in [0.2, 0.25) is 5.02 Å². The third-order valence-corrected chi connectivity index (χ3v) is 3.44. The number of hydrogen-bond acceptors (Lipinski definition) is 3. The molecule has 0 saturated carbocycles. The van der Waals surface area contributed by atoms with Crippen molar-refractivity contribution in [2.75, 3.05) is 11.9 Å². The van der Waals surface area contributed by atoms with Gasteiger partial charge in [0.15, 0.2) is 12.9 Å². The molecule has 2 aromatic rings. The largest absolute Gasteiger partial charge is 0.483 e. The number of nitrogens with one attached hydrogen (secondary N) is 1. The van der Waals surface area contributed by atoms with E-state index in [4.69, 9.17) is 16.3 Å². The first-order chi connectivity index (χ1) is 10.5. The minimum atomic E-state index is -0.568. The molecule has 0 fully saturated rings. The maximum Gasteiger partial charge on any atom is 0.262 e. The van der Waals surface area contributed by atoms with Gasteiger partial charge < -0.3 is 10.1 Å². The fourth-order valence-corrected chi connectivity index (χ4v) is 2.22. The average Bonchev–Trinajstić information content (AvgIpc) is 2.49. The Morgan fingerprint density at radius 2 is 2.09 bits per heavy atom. The Labute approximate surface area is 139 Å². The predicted molar refractivity (Wildman–Crippen MR) is 85.1 cm³/mol. The van der Waals surface area contributed by atoms with Gasteiger partial charge in [0.25, 0.3) is 5.91 Å². The normalized spacial score (nSPS) is 10.1. The molecule has 1 N–H and O–H groups in total. The molecule has 0 unspecified atom stereocenters. The van der Waals surface area contributed by atoms with Crippen molar-refractivity contribution in [3.63, 3.8) is 0 Å². The van der Waals surface area contributed by atoms with Crippen LogP contribution in [0.5, 0.6) is 5.75 Å². The van der Waals surface area contributed by atoms with Crippen molar-refractivity contribution < 1.29 is 18.7 Å². The highest BCUT2D eigenvalue weighted by Crippen LogP contribution is 2.22. The molecule has 22 heavy (non-hydrogen) atoms. The van der Waals surface area contributed by atoms with E-state index >= 15 is 0 Å². The lowest BCUT2D eigenvalue weighted by atomic mass is 10.2. The molecule has 4 nitrogen and oxygen atoms in total. The predicted octanol–water partition coefficient (Wildman–Crippen LogP) is 4.07. The van der Waals surface area contributed by atoms with Gasteiger partial charge in [-0.05, 0) is 36.4 Å². The molecular weight excluding hydrogens is 377 g/mol. The Bertz CT molecular complexity index is 724. The van der Waals surface area contributed by atoms with Crippen LogP contribution in [0.15, 0.2) is 40.9 Å². The zero-order valence-corrected chi connectivity index (χ0v) is 13.4. The van der Waals surface area contributed by atoms with E-state index in [2.05, 4.69) is 21.2 Å². The van der Waals surface area contributed by atoms with Crippen LogP contribution in [0, 0.1) is 5.82 Å². The van der Waals surface area contributed by atoms with E-state index in [0.29, 0.717) is 23.3 Å². The van der Waals surface area contributed by atoms with Crippen molar-refractivity contribution in [3.8, 4) is 5.75 Å². The summed E-state index contributed by atoms with van der Waals surface area (Å²) in [6, 6.07) is 8.69. The van der Waals surface area contributed by atoms with Crippen LogP contribution in [0.25, 0.3) is 0 Å². The second-order valence-corrected chi connectivity index (χ2v) is 5.59. The fourth-order valence-electron chi connectivity index (χ4n) is 1.66. The van der Waals surface area contributed by atoms with Crippen LogP contribution < -0.4 is 10.1 Å². The number of aldehydes is 1.